The predicted octanol–water partition coefficient (Wildman–Crippen LogP) is 5.17. The van der Waals surface area contributed by atoms with E-state index in [2.05, 4.69) is 17.7 Å². The van der Waals surface area contributed by atoms with Gasteiger partial charge in [0.15, 0.2) is 0 Å². The fourth-order valence-electron chi connectivity index (χ4n) is 2.47. The van der Waals surface area contributed by atoms with Gasteiger partial charge in [-0.25, -0.2) is 0 Å². The number of rotatable bonds is 15. The maximum atomic E-state index is 10.9. The molecule has 0 bridgehead atoms. The number of hydrogen-bond acceptors (Lipinski definition) is 3. The highest BCUT2D eigenvalue weighted by Crippen LogP contribution is 2.10. The standard InChI is InChI=1S/C19H36O3/c1-3-4-5-12-15-18(20)16-13-10-8-6-7-9-11-14-17-19(21)22-2/h13,16,18,20H,3-12,14-15,17H2,1-2H3/b16-13+. The number of carbonyl (C=O) groups excluding carboxylic acids is 1. The van der Waals surface area contributed by atoms with Crippen LogP contribution in [0.4, 0.5) is 0 Å². The third kappa shape index (κ3) is 15.6. The van der Waals surface area contributed by atoms with Gasteiger partial charge < -0.3 is 9.84 Å². The Hall–Kier alpha value is -0.830. The van der Waals surface area contributed by atoms with Gasteiger partial charge in [-0.1, -0.05) is 70.4 Å². The van der Waals surface area contributed by atoms with Crippen molar-refractivity contribution in [1.82, 2.24) is 0 Å². The molecule has 0 saturated heterocycles. The summed E-state index contributed by atoms with van der Waals surface area (Å²) in [6, 6.07) is 0. The second-order valence-corrected chi connectivity index (χ2v) is 6.08. The van der Waals surface area contributed by atoms with Crippen molar-refractivity contribution in [2.75, 3.05) is 7.11 Å². The molecule has 3 nitrogen and oxygen atoms in total. The zero-order valence-electron chi connectivity index (χ0n) is 14.7. The van der Waals surface area contributed by atoms with Crippen molar-refractivity contribution in [3.63, 3.8) is 0 Å². The number of unbranched alkanes of at least 4 members (excludes halogenated alkanes) is 9. The van der Waals surface area contributed by atoms with Gasteiger partial charge in [0.25, 0.3) is 0 Å². The molecule has 0 saturated carbocycles. The van der Waals surface area contributed by atoms with Gasteiger partial charge in [-0.05, 0) is 25.7 Å². The van der Waals surface area contributed by atoms with E-state index >= 15 is 0 Å². The lowest BCUT2D eigenvalue weighted by atomic mass is 10.1. The molecule has 0 aromatic rings. The van der Waals surface area contributed by atoms with Crippen LogP contribution in [0.5, 0.6) is 0 Å². The zero-order chi connectivity index (χ0) is 16.5. The number of esters is 1. The largest absolute Gasteiger partial charge is 0.469 e. The summed E-state index contributed by atoms with van der Waals surface area (Å²) >= 11 is 0. The molecule has 0 radical (unpaired) electrons. The molecular weight excluding hydrogens is 276 g/mol. The summed E-state index contributed by atoms with van der Waals surface area (Å²) in [5.41, 5.74) is 0. The Bertz CT molecular complexity index is 274. The van der Waals surface area contributed by atoms with Crippen LogP contribution in [-0.2, 0) is 9.53 Å². The molecule has 0 rings (SSSR count). The molecule has 0 amide bonds. The minimum absolute atomic E-state index is 0.0987. The Kier molecular flexibility index (Phi) is 15.9. The van der Waals surface area contributed by atoms with E-state index in [-0.39, 0.29) is 12.1 Å². The molecule has 1 atom stereocenters. The summed E-state index contributed by atoms with van der Waals surface area (Å²) in [5.74, 6) is -0.0987. The highest BCUT2D eigenvalue weighted by molar-refractivity contribution is 5.68. The first-order valence-corrected chi connectivity index (χ1v) is 9.12. The van der Waals surface area contributed by atoms with Crippen molar-refractivity contribution in [2.24, 2.45) is 0 Å². The van der Waals surface area contributed by atoms with Gasteiger partial charge in [0, 0.05) is 6.42 Å². The van der Waals surface area contributed by atoms with E-state index in [1.165, 1.54) is 52.1 Å². The van der Waals surface area contributed by atoms with E-state index in [0.29, 0.717) is 6.42 Å². The van der Waals surface area contributed by atoms with Crippen molar-refractivity contribution < 1.29 is 14.6 Å². The second-order valence-electron chi connectivity index (χ2n) is 6.08. The van der Waals surface area contributed by atoms with E-state index in [1.807, 2.05) is 6.08 Å². The van der Waals surface area contributed by atoms with Crippen LogP contribution in [0.15, 0.2) is 12.2 Å². The smallest absolute Gasteiger partial charge is 0.305 e. The first-order valence-electron chi connectivity index (χ1n) is 9.12. The fourth-order valence-corrected chi connectivity index (χ4v) is 2.47. The normalized spacial score (nSPS) is 12.7. The van der Waals surface area contributed by atoms with Gasteiger partial charge in [-0.2, -0.15) is 0 Å². The SMILES string of the molecule is CCCCCCC(O)/C=C/CCCCCCCCC(=O)OC. The molecule has 0 aliphatic rings. The maximum Gasteiger partial charge on any atom is 0.305 e. The Balaban J connectivity index is 3.27. The summed E-state index contributed by atoms with van der Waals surface area (Å²) in [5, 5.41) is 9.79. The maximum absolute atomic E-state index is 10.9. The van der Waals surface area contributed by atoms with Gasteiger partial charge in [0.2, 0.25) is 0 Å². The van der Waals surface area contributed by atoms with Crippen molar-refractivity contribution in [1.29, 1.82) is 0 Å². The first kappa shape index (κ1) is 21.2. The molecule has 0 spiro atoms. The number of hydrogen-bond donors (Lipinski definition) is 1. The summed E-state index contributed by atoms with van der Waals surface area (Å²) in [6.07, 6.45) is 18.1. The van der Waals surface area contributed by atoms with E-state index in [9.17, 15) is 9.90 Å². The second kappa shape index (κ2) is 16.5. The molecule has 1 N–H and O–H groups in total. The number of methoxy groups -OCH3 is 1. The van der Waals surface area contributed by atoms with Crippen molar-refractivity contribution in [2.45, 2.75) is 96.5 Å². The quantitative estimate of drug-likeness (QED) is 0.258. The molecule has 0 aromatic heterocycles. The average Bonchev–Trinajstić information content (AvgIpc) is 2.53. The number of allylic oxidation sites excluding steroid dienone is 1. The molecule has 0 heterocycles. The van der Waals surface area contributed by atoms with Gasteiger partial charge >= 0.3 is 5.97 Å². The molecule has 22 heavy (non-hydrogen) atoms. The topological polar surface area (TPSA) is 46.5 Å². The highest BCUT2D eigenvalue weighted by Gasteiger charge is 1.99. The minimum Gasteiger partial charge on any atom is -0.469 e. The fraction of sp³-hybridized carbons (Fsp3) is 0.842. The lowest BCUT2D eigenvalue weighted by Gasteiger charge is -2.04. The monoisotopic (exact) mass is 312 g/mol. The zero-order valence-corrected chi connectivity index (χ0v) is 14.7. The van der Waals surface area contributed by atoms with Crippen LogP contribution in [0.2, 0.25) is 0 Å². The van der Waals surface area contributed by atoms with Crippen molar-refractivity contribution in [3.05, 3.63) is 12.2 Å². The summed E-state index contributed by atoms with van der Waals surface area (Å²) in [6.45, 7) is 2.20. The summed E-state index contributed by atoms with van der Waals surface area (Å²) < 4.78 is 4.61. The highest BCUT2D eigenvalue weighted by atomic mass is 16.5. The average molecular weight is 312 g/mol. The number of aliphatic hydroxyl groups is 1. The van der Waals surface area contributed by atoms with Crippen LogP contribution in [0.25, 0.3) is 0 Å². The number of ether oxygens (including phenoxy) is 1. The van der Waals surface area contributed by atoms with Gasteiger partial charge in [-0.3, -0.25) is 4.79 Å². The number of carbonyl (C=O) groups is 1. The molecule has 0 aliphatic heterocycles. The number of aliphatic hydroxyl groups excluding tert-OH is 1. The van der Waals surface area contributed by atoms with Crippen LogP contribution in [0, 0.1) is 0 Å². The Morgan fingerprint density at radius 1 is 1.00 bits per heavy atom. The van der Waals surface area contributed by atoms with Crippen LogP contribution in [0.1, 0.15) is 90.4 Å². The van der Waals surface area contributed by atoms with Crippen LogP contribution in [-0.4, -0.2) is 24.3 Å². The summed E-state index contributed by atoms with van der Waals surface area (Å²) in [7, 11) is 1.44. The Morgan fingerprint density at radius 3 is 2.32 bits per heavy atom. The Labute approximate surface area is 137 Å². The first-order chi connectivity index (χ1) is 10.7. The van der Waals surface area contributed by atoms with E-state index < -0.39 is 0 Å². The third-order valence-electron chi connectivity index (χ3n) is 3.94. The molecule has 0 fully saturated rings. The lowest BCUT2D eigenvalue weighted by Crippen LogP contribution is -2.01. The molecule has 130 valence electrons. The van der Waals surface area contributed by atoms with E-state index in [4.69, 9.17) is 0 Å². The van der Waals surface area contributed by atoms with E-state index in [1.54, 1.807) is 0 Å². The third-order valence-corrected chi connectivity index (χ3v) is 3.94. The van der Waals surface area contributed by atoms with Crippen LogP contribution < -0.4 is 0 Å². The lowest BCUT2D eigenvalue weighted by molar-refractivity contribution is -0.140. The molecule has 0 aliphatic carbocycles. The molecular formula is C19H36O3. The van der Waals surface area contributed by atoms with Gasteiger partial charge in [0.05, 0.1) is 13.2 Å². The molecule has 3 heteroatoms. The van der Waals surface area contributed by atoms with Crippen LogP contribution >= 0.6 is 0 Å². The van der Waals surface area contributed by atoms with E-state index in [0.717, 1.165) is 32.1 Å². The molecule has 0 aromatic carbocycles. The van der Waals surface area contributed by atoms with Crippen LogP contribution in [0.3, 0.4) is 0 Å². The van der Waals surface area contributed by atoms with Gasteiger partial charge in [0.1, 0.15) is 0 Å². The van der Waals surface area contributed by atoms with Gasteiger partial charge in [-0.15, -0.1) is 0 Å². The Morgan fingerprint density at radius 2 is 1.64 bits per heavy atom. The summed E-state index contributed by atoms with van der Waals surface area (Å²) in [4.78, 5) is 10.9. The van der Waals surface area contributed by atoms with Crippen molar-refractivity contribution in [3.8, 4) is 0 Å². The minimum atomic E-state index is -0.254. The predicted molar refractivity (Wildman–Crippen MR) is 92.9 cm³/mol. The van der Waals surface area contributed by atoms with Crippen molar-refractivity contribution >= 4 is 5.97 Å². The molecule has 1 unspecified atom stereocenters.